The number of piperazine rings is 1. The van der Waals surface area contributed by atoms with Crippen molar-refractivity contribution in [2.24, 2.45) is 0 Å². The van der Waals surface area contributed by atoms with E-state index in [-0.39, 0.29) is 0 Å². The highest BCUT2D eigenvalue weighted by molar-refractivity contribution is 7.97. The Morgan fingerprint density at radius 1 is 0.964 bits per heavy atom. The average molecular weight is 400 g/mol. The number of ether oxygens (including phenoxy) is 1. The lowest BCUT2D eigenvalue weighted by Gasteiger charge is -2.36. The predicted molar refractivity (Wildman–Crippen MR) is 116 cm³/mol. The van der Waals surface area contributed by atoms with Crippen molar-refractivity contribution in [3.8, 4) is 11.5 Å². The van der Waals surface area contributed by atoms with Gasteiger partial charge in [-0.3, -0.25) is 4.90 Å². The second kappa shape index (κ2) is 9.07. The standard InChI is InChI=1S/C22H29N3O2S/c1-27-21-4-2-5-22-20(21)10-13-25(28-22)12-3-11-23-14-16-24(17-15-23)18-6-8-19(26)9-7-18/h2,4-9,26H,3,10-17H2,1H3. The molecule has 2 heterocycles. The lowest BCUT2D eigenvalue weighted by Crippen LogP contribution is -2.47. The minimum Gasteiger partial charge on any atom is -0.508 e. The van der Waals surface area contributed by atoms with Gasteiger partial charge in [0.2, 0.25) is 0 Å². The van der Waals surface area contributed by atoms with Crippen molar-refractivity contribution < 1.29 is 9.84 Å². The molecule has 0 amide bonds. The van der Waals surface area contributed by atoms with Crippen LogP contribution in [0, 0.1) is 0 Å². The molecule has 28 heavy (non-hydrogen) atoms. The number of anilines is 1. The number of rotatable bonds is 6. The molecule has 2 aromatic rings. The van der Waals surface area contributed by atoms with Gasteiger partial charge in [-0.05, 0) is 67.7 Å². The van der Waals surface area contributed by atoms with E-state index in [1.54, 1.807) is 19.2 Å². The number of phenolic OH excluding ortho intramolecular Hbond substituents is 1. The zero-order chi connectivity index (χ0) is 19.3. The van der Waals surface area contributed by atoms with Crippen LogP contribution in [0.5, 0.6) is 11.5 Å². The summed E-state index contributed by atoms with van der Waals surface area (Å²) in [7, 11) is 1.76. The maximum absolute atomic E-state index is 9.44. The molecule has 0 spiro atoms. The van der Waals surface area contributed by atoms with Crippen molar-refractivity contribution >= 4 is 17.6 Å². The topological polar surface area (TPSA) is 39.2 Å². The zero-order valence-electron chi connectivity index (χ0n) is 16.5. The van der Waals surface area contributed by atoms with Gasteiger partial charge in [-0.1, -0.05) is 6.07 Å². The molecule has 150 valence electrons. The molecule has 0 aromatic heterocycles. The minimum absolute atomic E-state index is 0.332. The third-order valence-electron chi connectivity index (χ3n) is 5.62. The quantitative estimate of drug-likeness (QED) is 0.750. The molecule has 0 aliphatic carbocycles. The van der Waals surface area contributed by atoms with Gasteiger partial charge < -0.3 is 14.7 Å². The fraction of sp³-hybridized carbons (Fsp3) is 0.455. The molecule has 2 aliphatic heterocycles. The van der Waals surface area contributed by atoms with Crippen molar-refractivity contribution in [2.75, 3.05) is 57.8 Å². The third kappa shape index (κ3) is 4.57. The van der Waals surface area contributed by atoms with Gasteiger partial charge in [0.25, 0.3) is 0 Å². The normalized spacial score (nSPS) is 18.1. The monoisotopic (exact) mass is 399 g/mol. The first-order chi connectivity index (χ1) is 13.7. The molecule has 0 bridgehead atoms. The molecule has 5 nitrogen and oxygen atoms in total. The van der Waals surface area contributed by atoms with Gasteiger partial charge in [-0.2, -0.15) is 0 Å². The Morgan fingerprint density at radius 2 is 1.75 bits per heavy atom. The molecular formula is C22H29N3O2S. The highest BCUT2D eigenvalue weighted by Gasteiger charge is 2.21. The van der Waals surface area contributed by atoms with Gasteiger partial charge in [0.05, 0.1) is 7.11 Å². The van der Waals surface area contributed by atoms with Gasteiger partial charge in [0.15, 0.2) is 0 Å². The summed E-state index contributed by atoms with van der Waals surface area (Å²) in [5, 5.41) is 9.44. The van der Waals surface area contributed by atoms with Crippen LogP contribution in [0.1, 0.15) is 12.0 Å². The smallest absolute Gasteiger partial charge is 0.123 e. The number of benzene rings is 2. The molecule has 0 atom stereocenters. The van der Waals surface area contributed by atoms with E-state index >= 15 is 0 Å². The fourth-order valence-corrected chi connectivity index (χ4v) is 5.14. The van der Waals surface area contributed by atoms with Gasteiger partial charge in [0.1, 0.15) is 11.5 Å². The molecule has 2 aliphatic rings. The number of hydrogen-bond donors (Lipinski definition) is 1. The Balaban J connectivity index is 1.20. The molecule has 0 radical (unpaired) electrons. The van der Waals surface area contributed by atoms with Crippen molar-refractivity contribution in [1.82, 2.24) is 9.21 Å². The van der Waals surface area contributed by atoms with E-state index in [0.29, 0.717) is 5.75 Å². The van der Waals surface area contributed by atoms with Crippen LogP contribution in [0.2, 0.25) is 0 Å². The summed E-state index contributed by atoms with van der Waals surface area (Å²) in [5.41, 5.74) is 2.56. The number of aromatic hydroxyl groups is 1. The highest BCUT2D eigenvalue weighted by Crippen LogP contribution is 2.36. The number of methoxy groups -OCH3 is 1. The van der Waals surface area contributed by atoms with E-state index in [1.165, 1.54) is 22.6 Å². The Labute approximate surface area is 172 Å². The summed E-state index contributed by atoms with van der Waals surface area (Å²) in [5.74, 6) is 1.36. The summed E-state index contributed by atoms with van der Waals surface area (Å²) in [6.45, 7) is 7.69. The Hall–Kier alpha value is -1.89. The molecule has 4 rings (SSSR count). The van der Waals surface area contributed by atoms with Gasteiger partial charge >= 0.3 is 0 Å². The summed E-state index contributed by atoms with van der Waals surface area (Å²) in [4.78, 5) is 6.32. The van der Waals surface area contributed by atoms with Crippen LogP contribution in [-0.2, 0) is 6.42 Å². The van der Waals surface area contributed by atoms with E-state index in [4.69, 9.17) is 4.74 Å². The van der Waals surface area contributed by atoms with E-state index in [9.17, 15) is 5.11 Å². The van der Waals surface area contributed by atoms with Crippen molar-refractivity contribution in [2.45, 2.75) is 17.7 Å². The van der Waals surface area contributed by atoms with Crippen LogP contribution in [0.25, 0.3) is 0 Å². The number of fused-ring (bicyclic) bond motifs is 1. The molecule has 0 unspecified atom stereocenters. The Bertz CT molecular complexity index is 776. The average Bonchev–Trinajstić information content (AvgIpc) is 2.74. The number of phenols is 1. The summed E-state index contributed by atoms with van der Waals surface area (Å²) in [6, 6.07) is 13.9. The van der Waals surface area contributed by atoms with E-state index in [0.717, 1.165) is 58.0 Å². The van der Waals surface area contributed by atoms with E-state index in [2.05, 4.69) is 32.3 Å². The van der Waals surface area contributed by atoms with E-state index < -0.39 is 0 Å². The first-order valence-electron chi connectivity index (χ1n) is 10.1. The number of nitrogens with zero attached hydrogens (tertiary/aromatic N) is 3. The van der Waals surface area contributed by atoms with Crippen LogP contribution in [-0.4, -0.2) is 67.2 Å². The maximum atomic E-state index is 9.44. The fourth-order valence-electron chi connectivity index (χ4n) is 4.01. The van der Waals surface area contributed by atoms with Crippen LogP contribution >= 0.6 is 11.9 Å². The van der Waals surface area contributed by atoms with Crippen molar-refractivity contribution in [3.05, 3.63) is 48.0 Å². The van der Waals surface area contributed by atoms with Gasteiger partial charge in [-0.15, -0.1) is 0 Å². The molecule has 0 saturated carbocycles. The van der Waals surface area contributed by atoms with E-state index in [1.807, 2.05) is 24.1 Å². The van der Waals surface area contributed by atoms with Crippen LogP contribution in [0.3, 0.4) is 0 Å². The van der Waals surface area contributed by atoms with Crippen LogP contribution in [0.15, 0.2) is 47.4 Å². The minimum atomic E-state index is 0.332. The molecule has 1 N–H and O–H groups in total. The highest BCUT2D eigenvalue weighted by atomic mass is 32.2. The Kier molecular flexibility index (Phi) is 6.29. The number of hydrogen-bond acceptors (Lipinski definition) is 6. The third-order valence-corrected chi connectivity index (χ3v) is 6.82. The largest absolute Gasteiger partial charge is 0.508 e. The first-order valence-corrected chi connectivity index (χ1v) is 10.9. The maximum Gasteiger partial charge on any atom is 0.123 e. The van der Waals surface area contributed by atoms with Crippen molar-refractivity contribution in [3.63, 3.8) is 0 Å². The molecule has 2 aromatic carbocycles. The van der Waals surface area contributed by atoms with Gasteiger partial charge in [0, 0.05) is 55.4 Å². The van der Waals surface area contributed by atoms with Gasteiger partial charge in [-0.25, -0.2) is 4.31 Å². The second-order valence-corrected chi connectivity index (χ2v) is 8.54. The summed E-state index contributed by atoms with van der Waals surface area (Å²) < 4.78 is 7.99. The molecular weight excluding hydrogens is 370 g/mol. The van der Waals surface area contributed by atoms with Crippen LogP contribution < -0.4 is 9.64 Å². The second-order valence-electron chi connectivity index (χ2n) is 7.41. The Morgan fingerprint density at radius 3 is 2.50 bits per heavy atom. The lowest BCUT2D eigenvalue weighted by atomic mass is 10.1. The zero-order valence-corrected chi connectivity index (χ0v) is 17.3. The SMILES string of the molecule is COc1cccc2c1CCN(CCCN1CCN(c3ccc(O)cc3)CC1)S2. The summed E-state index contributed by atoms with van der Waals surface area (Å²) >= 11 is 1.88. The van der Waals surface area contributed by atoms with Crippen molar-refractivity contribution in [1.29, 1.82) is 0 Å². The molecule has 6 heteroatoms. The lowest BCUT2D eigenvalue weighted by molar-refractivity contribution is 0.247. The molecule has 1 fully saturated rings. The van der Waals surface area contributed by atoms with Crippen LogP contribution in [0.4, 0.5) is 5.69 Å². The predicted octanol–water partition coefficient (Wildman–Crippen LogP) is 3.48. The molecule has 1 saturated heterocycles. The summed E-state index contributed by atoms with van der Waals surface area (Å²) in [6.07, 6.45) is 2.27. The first kappa shape index (κ1) is 19.4.